The van der Waals surface area contributed by atoms with Crippen LogP contribution in [0.3, 0.4) is 0 Å². The predicted molar refractivity (Wildman–Crippen MR) is 89.2 cm³/mol. The van der Waals surface area contributed by atoms with Gasteiger partial charge in [0.2, 0.25) is 0 Å². The number of amides is 1. The van der Waals surface area contributed by atoms with Crippen LogP contribution in [0.4, 0.5) is 0 Å². The van der Waals surface area contributed by atoms with Crippen LogP contribution in [0.25, 0.3) is 0 Å². The van der Waals surface area contributed by atoms with E-state index in [-0.39, 0.29) is 11.9 Å². The van der Waals surface area contributed by atoms with E-state index in [1.807, 2.05) is 24.3 Å². The molecular formula is C18H22N2O4. The van der Waals surface area contributed by atoms with E-state index >= 15 is 0 Å². The molecule has 1 fully saturated rings. The van der Waals surface area contributed by atoms with E-state index in [9.17, 15) is 4.79 Å². The molecule has 0 spiro atoms. The average Bonchev–Trinajstić information content (AvgIpc) is 3.18. The topological polar surface area (TPSA) is 63.9 Å². The molecule has 0 aliphatic carbocycles. The van der Waals surface area contributed by atoms with Crippen LogP contribution in [-0.2, 0) is 4.74 Å². The molecule has 128 valence electrons. The molecule has 24 heavy (non-hydrogen) atoms. The van der Waals surface area contributed by atoms with E-state index < -0.39 is 0 Å². The SMILES string of the molecule is COc1ccc([C@@H](CNC(=O)c2ccco2)N2CCOCC2)cc1. The van der Waals surface area contributed by atoms with Gasteiger partial charge in [-0.3, -0.25) is 9.69 Å². The zero-order chi connectivity index (χ0) is 16.8. The molecule has 1 aliphatic heterocycles. The number of ether oxygens (including phenoxy) is 2. The summed E-state index contributed by atoms with van der Waals surface area (Å²) in [7, 11) is 1.65. The van der Waals surface area contributed by atoms with Gasteiger partial charge in [-0.05, 0) is 29.8 Å². The van der Waals surface area contributed by atoms with Crippen LogP contribution in [0.2, 0.25) is 0 Å². The van der Waals surface area contributed by atoms with E-state index in [0.29, 0.717) is 25.5 Å². The summed E-state index contributed by atoms with van der Waals surface area (Å²) in [5.41, 5.74) is 1.14. The van der Waals surface area contributed by atoms with Gasteiger partial charge in [0.05, 0.1) is 32.6 Å². The number of furan rings is 1. The Bertz CT molecular complexity index is 634. The van der Waals surface area contributed by atoms with Crippen molar-refractivity contribution in [2.75, 3.05) is 40.0 Å². The maximum Gasteiger partial charge on any atom is 0.287 e. The summed E-state index contributed by atoms with van der Waals surface area (Å²) in [4.78, 5) is 14.5. The molecule has 0 unspecified atom stereocenters. The minimum Gasteiger partial charge on any atom is -0.497 e. The number of hydrogen-bond acceptors (Lipinski definition) is 5. The predicted octanol–water partition coefficient (Wildman–Crippen LogP) is 2.09. The number of carbonyl (C=O) groups is 1. The Morgan fingerprint density at radius 3 is 2.62 bits per heavy atom. The van der Waals surface area contributed by atoms with Gasteiger partial charge < -0.3 is 19.2 Å². The lowest BCUT2D eigenvalue weighted by Gasteiger charge is -2.34. The molecule has 0 saturated carbocycles. The van der Waals surface area contributed by atoms with Crippen LogP contribution in [0, 0.1) is 0 Å². The van der Waals surface area contributed by atoms with Gasteiger partial charge in [-0.15, -0.1) is 0 Å². The number of rotatable bonds is 6. The molecule has 1 N–H and O–H groups in total. The number of carbonyl (C=O) groups excluding carboxylic acids is 1. The van der Waals surface area contributed by atoms with E-state index in [0.717, 1.165) is 24.4 Å². The van der Waals surface area contributed by atoms with Crippen molar-refractivity contribution in [2.24, 2.45) is 0 Å². The van der Waals surface area contributed by atoms with E-state index in [4.69, 9.17) is 13.9 Å². The van der Waals surface area contributed by atoms with Crippen molar-refractivity contribution in [2.45, 2.75) is 6.04 Å². The fourth-order valence-electron chi connectivity index (χ4n) is 2.86. The molecule has 1 aromatic carbocycles. The second-order valence-corrected chi connectivity index (χ2v) is 5.62. The normalized spacial score (nSPS) is 16.5. The van der Waals surface area contributed by atoms with Crippen LogP contribution in [-0.4, -0.2) is 50.8 Å². The van der Waals surface area contributed by atoms with Crippen molar-refractivity contribution in [3.8, 4) is 5.75 Å². The summed E-state index contributed by atoms with van der Waals surface area (Å²) >= 11 is 0. The molecule has 1 atom stereocenters. The Morgan fingerprint density at radius 2 is 2.00 bits per heavy atom. The van der Waals surface area contributed by atoms with E-state index in [1.165, 1.54) is 6.26 Å². The number of methoxy groups -OCH3 is 1. The van der Waals surface area contributed by atoms with Crippen molar-refractivity contribution in [1.82, 2.24) is 10.2 Å². The average molecular weight is 330 g/mol. The summed E-state index contributed by atoms with van der Waals surface area (Å²) in [6, 6.07) is 11.4. The molecule has 1 aromatic heterocycles. The Labute approximate surface area is 141 Å². The van der Waals surface area contributed by atoms with Crippen molar-refractivity contribution < 1.29 is 18.7 Å². The van der Waals surface area contributed by atoms with Gasteiger partial charge in [-0.2, -0.15) is 0 Å². The molecular weight excluding hydrogens is 308 g/mol. The van der Waals surface area contributed by atoms with Gasteiger partial charge in [0.25, 0.3) is 5.91 Å². The fraction of sp³-hybridized carbons (Fsp3) is 0.389. The first kappa shape index (κ1) is 16.5. The summed E-state index contributed by atoms with van der Waals surface area (Å²) in [5.74, 6) is 0.941. The highest BCUT2D eigenvalue weighted by Crippen LogP contribution is 2.23. The van der Waals surface area contributed by atoms with E-state index in [1.54, 1.807) is 19.2 Å². The Hall–Kier alpha value is -2.31. The van der Waals surface area contributed by atoms with Crippen LogP contribution in [0.5, 0.6) is 5.75 Å². The molecule has 2 heterocycles. The molecule has 6 nitrogen and oxygen atoms in total. The number of morpholine rings is 1. The summed E-state index contributed by atoms with van der Waals surface area (Å²) in [6.07, 6.45) is 1.50. The maximum atomic E-state index is 12.2. The first-order valence-corrected chi connectivity index (χ1v) is 8.05. The largest absolute Gasteiger partial charge is 0.497 e. The van der Waals surface area contributed by atoms with Crippen molar-refractivity contribution >= 4 is 5.91 Å². The smallest absolute Gasteiger partial charge is 0.287 e. The minimum atomic E-state index is -0.202. The van der Waals surface area contributed by atoms with Gasteiger partial charge in [0, 0.05) is 19.6 Å². The molecule has 2 aromatic rings. The van der Waals surface area contributed by atoms with E-state index in [2.05, 4.69) is 10.2 Å². The Morgan fingerprint density at radius 1 is 1.25 bits per heavy atom. The summed E-state index contributed by atoms with van der Waals surface area (Å²) < 4.78 is 15.8. The lowest BCUT2D eigenvalue weighted by Crippen LogP contribution is -2.43. The lowest BCUT2D eigenvalue weighted by atomic mass is 10.0. The van der Waals surface area contributed by atoms with Crippen LogP contribution in [0.1, 0.15) is 22.2 Å². The van der Waals surface area contributed by atoms with Gasteiger partial charge in [0.15, 0.2) is 5.76 Å². The zero-order valence-corrected chi connectivity index (χ0v) is 13.7. The number of hydrogen-bond donors (Lipinski definition) is 1. The Balaban J connectivity index is 1.72. The van der Waals surface area contributed by atoms with Crippen molar-refractivity contribution in [3.63, 3.8) is 0 Å². The minimum absolute atomic E-state index is 0.0821. The standard InChI is InChI=1S/C18H22N2O4/c1-22-15-6-4-14(5-7-15)16(20-8-11-23-12-9-20)13-19-18(21)17-3-2-10-24-17/h2-7,10,16H,8-9,11-13H2,1H3,(H,19,21)/t16-/m1/s1. The zero-order valence-electron chi connectivity index (χ0n) is 13.7. The monoisotopic (exact) mass is 330 g/mol. The number of benzene rings is 1. The van der Waals surface area contributed by atoms with Crippen molar-refractivity contribution in [3.05, 3.63) is 54.0 Å². The van der Waals surface area contributed by atoms with Crippen LogP contribution >= 0.6 is 0 Å². The van der Waals surface area contributed by atoms with Gasteiger partial charge in [0.1, 0.15) is 5.75 Å². The molecule has 0 bridgehead atoms. The first-order valence-electron chi connectivity index (χ1n) is 8.05. The number of nitrogens with zero attached hydrogens (tertiary/aromatic N) is 1. The van der Waals surface area contributed by atoms with Crippen LogP contribution in [0.15, 0.2) is 47.1 Å². The van der Waals surface area contributed by atoms with Gasteiger partial charge in [-0.1, -0.05) is 12.1 Å². The third kappa shape index (κ3) is 3.96. The quantitative estimate of drug-likeness (QED) is 0.879. The lowest BCUT2D eigenvalue weighted by molar-refractivity contribution is 0.0161. The summed E-state index contributed by atoms with van der Waals surface area (Å²) in [5, 5.41) is 2.96. The first-order chi connectivity index (χ1) is 11.8. The second kappa shape index (κ2) is 7.99. The highest BCUT2D eigenvalue weighted by Gasteiger charge is 2.23. The highest BCUT2D eigenvalue weighted by atomic mass is 16.5. The van der Waals surface area contributed by atoms with Gasteiger partial charge in [-0.25, -0.2) is 0 Å². The molecule has 1 aliphatic rings. The molecule has 0 radical (unpaired) electrons. The highest BCUT2D eigenvalue weighted by molar-refractivity contribution is 5.91. The number of nitrogens with one attached hydrogen (secondary N) is 1. The molecule has 3 rings (SSSR count). The Kier molecular flexibility index (Phi) is 5.51. The molecule has 1 amide bonds. The second-order valence-electron chi connectivity index (χ2n) is 5.62. The summed E-state index contributed by atoms with van der Waals surface area (Å²) in [6.45, 7) is 3.60. The fourth-order valence-corrected chi connectivity index (χ4v) is 2.86. The third-order valence-corrected chi connectivity index (χ3v) is 4.19. The van der Waals surface area contributed by atoms with Gasteiger partial charge >= 0.3 is 0 Å². The van der Waals surface area contributed by atoms with Crippen LogP contribution < -0.4 is 10.1 Å². The third-order valence-electron chi connectivity index (χ3n) is 4.19. The maximum absolute atomic E-state index is 12.2. The van der Waals surface area contributed by atoms with Crippen molar-refractivity contribution in [1.29, 1.82) is 0 Å². The molecule has 1 saturated heterocycles. The molecule has 6 heteroatoms.